The molecule has 1 aliphatic carbocycles. The van der Waals surface area contributed by atoms with Gasteiger partial charge in [-0.2, -0.15) is 0 Å². The Morgan fingerprint density at radius 3 is 2.74 bits per heavy atom. The van der Waals surface area contributed by atoms with Crippen LogP contribution in [0.5, 0.6) is 0 Å². The molecule has 106 valence electrons. The molecule has 0 aliphatic heterocycles. The molecule has 2 rings (SSSR count). The van der Waals surface area contributed by atoms with Crippen LogP contribution in [0.15, 0.2) is 24.3 Å². The van der Waals surface area contributed by atoms with E-state index in [-0.39, 0.29) is 6.61 Å². The minimum atomic E-state index is -0.581. The zero-order valence-corrected chi connectivity index (χ0v) is 11.8. The predicted octanol–water partition coefficient (Wildman–Crippen LogP) is 2.37. The predicted molar refractivity (Wildman–Crippen MR) is 77.2 cm³/mol. The lowest BCUT2D eigenvalue weighted by Gasteiger charge is -2.19. The van der Waals surface area contributed by atoms with Gasteiger partial charge < -0.3 is 15.5 Å². The van der Waals surface area contributed by atoms with Crippen molar-refractivity contribution in [3.05, 3.63) is 34.9 Å². The molecule has 0 radical (unpaired) electrons. The Balaban J connectivity index is 1.78. The Kier molecular flexibility index (Phi) is 5.64. The second kappa shape index (κ2) is 7.25. The monoisotopic (exact) mass is 283 g/mol. The molecule has 0 bridgehead atoms. The number of hydrogen-bond acceptors (Lipinski definition) is 3. The molecule has 4 heteroatoms. The first-order valence-corrected chi connectivity index (χ1v) is 7.34. The number of rotatable bonds is 6. The standard InChI is InChI=1S/C15H22ClNO2/c16-14-7-2-1-6-13(14)15(19)9-17-8-11-4-3-5-12(11)10-18/h1-2,6-7,11-12,15,17-19H,3-5,8-10H2. The summed E-state index contributed by atoms with van der Waals surface area (Å²) in [6, 6.07) is 7.37. The van der Waals surface area contributed by atoms with Gasteiger partial charge >= 0.3 is 0 Å². The molecule has 3 atom stereocenters. The minimum absolute atomic E-state index is 0.277. The highest BCUT2D eigenvalue weighted by atomic mass is 35.5. The van der Waals surface area contributed by atoms with Crippen LogP contribution in [0.25, 0.3) is 0 Å². The van der Waals surface area contributed by atoms with Gasteiger partial charge in [-0.25, -0.2) is 0 Å². The molecule has 3 N–H and O–H groups in total. The van der Waals surface area contributed by atoms with E-state index in [1.807, 2.05) is 18.2 Å². The van der Waals surface area contributed by atoms with Crippen molar-refractivity contribution in [1.82, 2.24) is 5.32 Å². The summed E-state index contributed by atoms with van der Waals surface area (Å²) in [5, 5.41) is 23.3. The van der Waals surface area contributed by atoms with E-state index in [2.05, 4.69) is 5.32 Å². The van der Waals surface area contributed by atoms with Crippen molar-refractivity contribution in [1.29, 1.82) is 0 Å². The SMILES string of the molecule is OCC1CCCC1CNCC(O)c1ccccc1Cl. The van der Waals surface area contributed by atoms with Crippen LogP contribution in [0.2, 0.25) is 5.02 Å². The molecule has 0 amide bonds. The number of benzene rings is 1. The summed E-state index contributed by atoms with van der Waals surface area (Å²) in [5.41, 5.74) is 0.766. The van der Waals surface area contributed by atoms with Crippen molar-refractivity contribution in [2.45, 2.75) is 25.4 Å². The first-order valence-electron chi connectivity index (χ1n) is 6.96. The van der Waals surface area contributed by atoms with Gasteiger partial charge in [-0.05, 0) is 37.3 Å². The van der Waals surface area contributed by atoms with Gasteiger partial charge in [-0.3, -0.25) is 0 Å². The fourth-order valence-corrected chi connectivity index (χ4v) is 3.15. The number of aliphatic hydroxyl groups excluding tert-OH is 2. The third-order valence-electron chi connectivity index (χ3n) is 4.06. The Morgan fingerprint density at radius 1 is 1.26 bits per heavy atom. The van der Waals surface area contributed by atoms with Crippen molar-refractivity contribution >= 4 is 11.6 Å². The van der Waals surface area contributed by atoms with Crippen molar-refractivity contribution in [2.75, 3.05) is 19.7 Å². The molecule has 0 aromatic heterocycles. The minimum Gasteiger partial charge on any atom is -0.396 e. The van der Waals surface area contributed by atoms with Gasteiger partial charge in [0, 0.05) is 23.7 Å². The maximum absolute atomic E-state index is 10.1. The van der Waals surface area contributed by atoms with Crippen LogP contribution in [0.4, 0.5) is 0 Å². The second-order valence-electron chi connectivity index (χ2n) is 5.33. The number of nitrogens with one attached hydrogen (secondary N) is 1. The Hall–Kier alpha value is -0.610. The van der Waals surface area contributed by atoms with Crippen LogP contribution in [0, 0.1) is 11.8 Å². The highest BCUT2D eigenvalue weighted by molar-refractivity contribution is 6.31. The largest absolute Gasteiger partial charge is 0.396 e. The lowest BCUT2D eigenvalue weighted by atomic mass is 9.97. The third-order valence-corrected chi connectivity index (χ3v) is 4.40. The maximum Gasteiger partial charge on any atom is 0.0928 e. The van der Waals surface area contributed by atoms with E-state index in [0.717, 1.165) is 18.5 Å². The van der Waals surface area contributed by atoms with E-state index in [4.69, 9.17) is 11.6 Å². The van der Waals surface area contributed by atoms with Crippen LogP contribution in [-0.2, 0) is 0 Å². The molecule has 1 aromatic carbocycles. The van der Waals surface area contributed by atoms with E-state index in [0.29, 0.717) is 23.4 Å². The van der Waals surface area contributed by atoms with Gasteiger partial charge in [0.15, 0.2) is 0 Å². The van der Waals surface area contributed by atoms with Gasteiger partial charge in [-0.1, -0.05) is 36.2 Å². The van der Waals surface area contributed by atoms with Crippen LogP contribution in [-0.4, -0.2) is 29.9 Å². The second-order valence-corrected chi connectivity index (χ2v) is 5.74. The molecule has 19 heavy (non-hydrogen) atoms. The highest BCUT2D eigenvalue weighted by Gasteiger charge is 2.26. The van der Waals surface area contributed by atoms with Gasteiger partial charge in [0.1, 0.15) is 0 Å². The maximum atomic E-state index is 10.1. The summed E-state index contributed by atoms with van der Waals surface area (Å²) in [6.07, 6.45) is 2.91. The molecule has 1 aromatic rings. The topological polar surface area (TPSA) is 52.5 Å². The lowest BCUT2D eigenvalue weighted by molar-refractivity contribution is 0.163. The van der Waals surface area contributed by atoms with Gasteiger partial charge in [0.25, 0.3) is 0 Å². The molecular weight excluding hydrogens is 262 g/mol. The van der Waals surface area contributed by atoms with E-state index in [1.54, 1.807) is 6.07 Å². The molecule has 0 heterocycles. The molecular formula is C15H22ClNO2. The number of aliphatic hydroxyl groups is 2. The van der Waals surface area contributed by atoms with Crippen molar-refractivity contribution < 1.29 is 10.2 Å². The number of hydrogen-bond donors (Lipinski definition) is 3. The summed E-state index contributed by atoms with van der Waals surface area (Å²) in [5.74, 6) is 0.952. The summed E-state index contributed by atoms with van der Waals surface area (Å²) < 4.78 is 0. The Morgan fingerprint density at radius 2 is 2.00 bits per heavy atom. The van der Waals surface area contributed by atoms with Gasteiger partial charge in [0.2, 0.25) is 0 Å². The molecule has 3 nitrogen and oxygen atoms in total. The van der Waals surface area contributed by atoms with Crippen LogP contribution < -0.4 is 5.32 Å². The molecule has 1 fully saturated rings. The Bertz CT molecular complexity index is 399. The van der Waals surface area contributed by atoms with Gasteiger partial charge in [-0.15, -0.1) is 0 Å². The summed E-state index contributed by atoms with van der Waals surface area (Å²) in [6.45, 7) is 1.63. The average molecular weight is 284 g/mol. The molecule has 0 spiro atoms. The third kappa shape index (κ3) is 3.93. The molecule has 1 saturated carbocycles. The first kappa shape index (κ1) is 14.8. The normalized spacial score (nSPS) is 24.6. The Labute approximate surface area is 119 Å². The zero-order valence-electron chi connectivity index (χ0n) is 11.1. The van der Waals surface area contributed by atoms with E-state index < -0.39 is 6.10 Å². The summed E-state index contributed by atoms with van der Waals surface area (Å²) in [4.78, 5) is 0. The van der Waals surface area contributed by atoms with Gasteiger partial charge in [0.05, 0.1) is 6.10 Å². The van der Waals surface area contributed by atoms with Crippen molar-refractivity contribution in [3.8, 4) is 0 Å². The van der Waals surface area contributed by atoms with Crippen molar-refractivity contribution in [2.24, 2.45) is 11.8 Å². The lowest BCUT2D eigenvalue weighted by Crippen LogP contribution is -2.30. The van der Waals surface area contributed by atoms with E-state index in [9.17, 15) is 10.2 Å². The fraction of sp³-hybridized carbons (Fsp3) is 0.600. The molecule has 0 saturated heterocycles. The highest BCUT2D eigenvalue weighted by Crippen LogP contribution is 2.30. The zero-order chi connectivity index (χ0) is 13.7. The van der Waals surface area contributed by atoms with E-state index in [1.165, 1.54) is 12.8 Å². The van der Waals surface area contributed by atoms with Crippen molar-refractivity contribution in [3.63, 3.8) is 0 Å². The van der Waals surface area contributed by atoms with E-state index >= 15 is 0 Å². The molecule has 1 aliphatic rings. The summed E-state index contributed by atoms with van der Waals surface area (Å²) >= 11 is 6.05. The molecule has 3 unspecified atom stereocenters. The first-order chi connectivity index (χ1) is 9.22. The quantitative estimate of drug-likeness (QED) is 0.751. The average Bonchev–Trinajstić information content (AvgIpc) is 2.86. The van der Waals surface area contributed by atoms with Crippen LogP contribution in [0.1, 0.15) is 30.9 Å². The fourth-order valence-electron chi connectivity index (χ4n) is 2.88. The van der Waals surface area contributed by atoms with Crippen LogP contribution >= 0.6 is 11.6 Å². The number of halogens is 1. The van der Waals surface area contributed by atoms with Crippen LogP contribution in [0.3, 0.4) is 0 Å². The smallest absolute Gasteiger partial charge is 0.0928 e. The summed E-state index contributed by atoms with van der Waals surface area (Å²) in [7, 11) is 0.